The van der Waals surface area contributed by atoms with Crippen LogP contribution in [0.2, 0.25) is 0 Å². The summed E-state index contributed by atoms with van der Waals surface area (Å²) >= 11 is 0. The lowest BCUT2D eigenvalue weighted by atomic mass is 10.0. The minimum Gasteiger partial charge on any atom is -0.462 e. The SMILES string of the molecule is CC/C=C\C/C=C\C/C=C\C/C=C\CCCCCCCCCCC(=O)OC(COC(=O)CCCCCCCCCCCCCC)COC(=O)CCCCCCCCCCCCCCC/C=C\CCCCCCCCCC. The largest absolute Gasteiger partial charge is 0.462 e. The summed E-state index contributed by atoms with van der Waals surface area (Å²) in [6, 6.07) is 0. The Hall–Kier alpha value is -2.89. The van der Waals surface area contributed by atoms with E-state index in [1.54, 1.807) is 0 Å². The molecule has 0 aliphatic heterocycles. The summed E-state index contributed by atoms with van der Waals surface area (Å²) in [5.41, 5.74) is 0. The number of carbonyl (C=O) groups excluding carboxylic acids is 3. The maximum absolute atomic E-state index is 12.9. The van der Waals surface area contributed by atoms with Gasteiger partial charge in [0.1, 0.15) is 13.2 Å². The van der Waals surface area contributed by atoms with E-state index in [2.05, 4.69) is 81.5 Å². The fourth-order valence-electron chi connectivity index (χ4n) is 9.79. The maximum Gasteiger partial charge on any atom is 0.306 e. The highest BCUT2D eigenvalue weighted by Gasteiger charge is 2.19. The molecule has 0 bridgehead atoms. The number of hydrogen-bond acceptors (Lipinski definition) is 6. The second-order valence-electron chi connectivity index (χ2n) is 22.4. The van der Waals surface area contributed by atoms with E-state index in [0.29, 0.717) is 19.3 Å². The molecule has 0 rings (SSSR count). The highest BCUT2D eigenvalue weighted by molar-refractivity contribution is 5.71. The first-order valence-electron chi connectivity index (χ1n) is 33.3. The van der Waals surface area contributed by atoms with Crippen LogP contribution in [0.4, 0.5) is 0 Å². The highest BCUT2D eigenvalue weighted by Crippen LogP contribution is 2.17. The molecule has 6 nitrogen and oxygen atoms in total. The van der Waals surface area contributed by atoms with Crippen molar-refractivity contribution in [2.75, 3.05) is 13.2 Å². The molecule has 0 aromatic carbocycles. The van der Waals surface area contributed by atoms with Crippen LogP contribution in [-0.2, 0) is 28.6 Å². The molecule has 0 aliphatic rings. The molecule has 0 radical (unpaired) electrons. The van der Waals surface area contributed by atoms with E-state index in [-0.39, 0.29) is 31.1 Å². The topological polar surface area (TPSA) is 78.9 Å². The van der Waals surface area contributed by atoms with Gasteiger partial charge in [0, 0.05) is 19.3 Å². The Morgan fingerprint density at radius 2 is 0.513 bits per heavy atom. The molecule has 0 aromatic rings. The van der Waals surface area contributed by atoms with Gasteiger partial charge in [0.05, 0.1) is 0 Å². The Morgan fingerprint density at radius 3 is 0.816 bits per heavy atom. The van der Waals surface area contributed by atoms with Crippen LogP contribution >= 0.6 is 0 Å². The summed E-state index contributed by atoms with van der Waals surface area (Å²) in [5.74, 6) is -0.862. The molecule has 442 valence electrons. The van der Waals surface area contributed by atoms with Gasteiger partial charge in [-0.25, -0.2) is 0 Å². The van der Waals surface area contributed by atoms with Crippen molar-refractivity contribution in [2.24, 2.45) is 0 Å². The average Bonchev–Trinajstić information content (AvgIpc) is 3.42. The van der Waals surface area contributed by atoms with E-state index in [1.807, 2.05) is 0 Å². The molecule has 0 saturated carbocycles. The normalized spacial score (nSPS) is 12.4. The van der Waals surface area contributed by atoms with Crippen LogP contribution in [0.15, 0.2) is 60.8 Å². The summed E-state index contributed by atoms with van der Waals surface area (Å²) in [4.78, 5) is 38.3. The Labute approximate surface area is 472 Å². The number of carbonyl (C=O) groups is 3. The number of esters is 3. The van der Waals surface area contributed by atoms with Crippen LogP contribution < -0.4 is 0 Å². The average molecular weight is 1060 g/mol. The number of rotatable bonds is 61. The van der Waals surface area contributed by atoms with Crippen LogP contribution in [0, 0.1) is 0 Å². The van der Waals surface area contributed by atoms with Crippen molar-refractivity contribution in [1.82, 2.24) is 0 Å². The van der Waals surface area contributed by atoms with Gasteiger partial charge in [-0.1, -0.05) is 306 Å². The molecule has 76 heavy (non-hydrogen) atoms. The van der Waals surface area contributed by atoms with Crippen molar-refractivity contribution in [3.63, 3.8) is 0 Å². The Bertz CT molecular complexity index is 1360. The first-order valence-corrected chi connectivity index (χ1v) is 33.3. The molecule has 0 spiro atoms. The van der Waals surface area contributed by atoms with E-state index in [1.165, 1.54) is 218 Å². The van der Waals surface area contributed by atoms with Crippen molar-refractivity contribution in [2.45, 2.75) is 354 Å². The molecule has 6 heteroatoms. The van der Waals surface area contributed by atoms with Crippen molar-refractivity contribution in [1.29, 1.82) is 0 Å². The van der Waals surface area contributed by atoms with E-state index in [0.717, 1.165) is 89.9 Å². The Balaban J connectivity index is 4.26. The van der Waals surface area contributed by atoms with Crippen LogP contribution in [-0.4, -0.2) is 37.2 Å². The lowest BCUT2D eigenvalue weighted by molar-refractivity contribution is -0.167. The molecule has 0 amide bonds. The van der Waals surface area contributed by atoms with Crippen molar-refractivity contribution >= 4 is 17.9 Å². The molecule has 0 fully saturated rings. The first kappa shape index (κ1) is 73.1. The quantitative estimate of drug-likeness (QED) is 0.0261. The summed E-state index contributed by atoms with van der Waals surface area (Å²) in [7, 11) is 0. The third-order valence-electron chi connectivity index (χ3n) is 14.8. The standard InChI is InChI=1S/C70H126O6/c1-4-7-10-13-16-19-22-25-27-29-31-33-34-35-36-38-39-41-43-45-48-51-54-57-60-63-69(72)75-66-67(65-74-68(71)62-59-56-53-50-47-24-21-18-15-12-9-6-3)76-70(73)64-61-58-55-52-49-46-44-42-40-37-32-30-28-26-23-20-17-14-11-8-5-2/h8,11,17,20,26,28-29,31-32,37,67H,4-7,9-10,12-16,18-19,21-25,27,30,33-36,38-66H2,1-3H3/b11-8-,20-17-,28-26-,31-29-,37-32-. The van der Waals surface area contributed by atoms with E-state index < -0.39 is 6.10 Å². The Morgan fingerprint density at radius 1 is 0.276 bits per heavy atom. The van der Waals surface area contributed by atoms with E-state index >= 15 is 0 Å². The molecule has 0 saturated heterocycles. The van der Waals surface area contributed by atoms with Crippen molar-refractivity contribution in [3.05, 3.63) is 60.8 Å². The Kier molecular flexibility index (Phi) is 62.2. The third kappa shape index (κ3) is 62.0. The van der Waals surface area contributed by atoms with Gasteiger partial charge in [-0.15, -0.1) is 0 Å². The zero-order valence-electron chi connectivity index (χ0n) is 50.8. The van der Waals surface area contributed by atoms with Crippen LogP contribution in [0.25, 0.3) is 0 Å². The summed E-state index contributed by atoms with van der Waals surface area (Å²) in [6.45, 7) is 6.57. The van der Waals surface area contributed by atoms with Crippen molar-refractivity contribution < 1.29 is 28.6 Å². The van der Waals surface area contributed by atoms with Gasteiger partial charge >= 0.3 is 17.9 Å². The van der Waals surface area contributed by atoms with Gasteiger partial charge in [0.25, 0.3) is 0 Å². The number of unbranched alkanes of at least 4 members (excludes halogenated alkanes) is 40. The second kappa shape index (κ2) is 64.6. The van der Waals surface area contributed by atoms with E-state index in [9.17, 15) is 14.4 Å². The molecule has 0 aliphatic carbocycles. The van der Waals surface area contributed by atoms with Gasteiger partial charge < -0.3 is 14.2 Å². The predicted molar refractivity (Wildman–Crippen MR) is 330 cm³/mol. The fraction of sp³-hybridized carbons (Fsp3) is 0.814. The highest BCUT2D eigenvalue weighted by atomic mass is 16.6. The van der Waals surface area contributed by atoms with Crippen LogP contribution in [0.3, 0.4) is 0 Å². The summed E-state index contributed by atoms with van der Waals surface area (Å²) in [6.07, 6.45) is 82.4. The number of ether oxygens (including phenoxy) is 3. The van der Waals surface area contributed by atoms with Crippen LogP contribution in [0.5, 0.6) is 0 Å². The lowest BCUT2D eigenvalue weighted by Gasteiger charge is -2.18. The van der Waals surface area contributed by atoms with Gasteiger partial charge in [-0.05, 0) is 83.5 Å². The minimum absolute atomic E-state index is 0.0737. The maximum atomic E-state index is 12.9. The monoisotopic (exact) mass is 1060 g/mol. The molecule has 1 atom stereocenters. The zero-order valence-corrected chi connectivity index (χ0v) is 50.8. The second-order valence-corrected chi connectivity index (χ2v) is 22.4. The molecular formula is C70H126O6. The molecule has 1 unspecified atom stereocenters. The molecule has 0 N–H and O–H groups in total. The minimum atomic E-state index is -0.777. The number of hydrogen-bond donors (Lipinski definition) is 0. The summed E-state index contributed by atoms with van der Waals surface area (Å²) in [5, 5.41) is 0. The van der Waals surface area contributed by atoms with Gasteiger partial charge in [0.15, 0.2) is 6.10 Å². The van der Waals surface area contributed by atoms with Crippen LogP contribution in [0.1, 0.15) is 348 Å². The van der Waals surface area contributed by atoms with Gasteiger partial charge in [-0.2, -0.15) is 0 Å². The van der Waals surface area contributed by atoms with Gasteiger partial charge in [0.2, 0.25) is 0 Å². The molecule has 0 aromatic heterocycles. The smallest absolute Gasteiger partial charge is 0.306 e. The zero-order chi connectivity index (χ0) is 55.0. The summed E-state index contributed by atoms with van der Waals surface area (Å²) < 4.78 is 16.9. The predicted octanol–water partition coefficient (Wildman–Crippen LogP) is 22.7. The molecule has 0 heterocycles. The molecular weight excluding hydrogens is 937 g/mol. The van der Waals surface area contributed by atoms with Gasteiger partial charge in [-0.3, -0.25) is 14.4 Å². The van der Waals surface area contributed by atoms with Crippen molar-refractivity contribution in [3.8, 4) is 0 Å². The first-order chi connectivity index (χ1) is 37.5. The van der Waals surface area contributed by atoms with E-state index in [4.69, 9.17) is 14.2 Å². The fourth-order valence-corrected chi connectivity index (χ4v) is 9.79. The number of allylic oxidation sites excluding steroid dienone is 10. The lowest BCUT2D eigenvalue weighted by Crippen LogP contribution is -2.30. The third-order valence-corrected chi connectivity index (χ3v) is 14.8.